The van der Waals surface area contributed by atoms with Gasteiger partial charge in [0.1, 0.15) is 0 Å². The van der Waals surface area contributed by atoms with Crippen LogP contribution in [-0.2, 0) is 0 Å². The fourth-order valence-corrected chi connectivity index (χ4v) is 3.14. The molecule has 0 atom stereocenters. The molecule has 0 amide bonds. The summed E-state index contributed by atoms with van der Waals surface area (Å²) in [7, 11) is 0. The Kier molecular flexibility index (Phi) is 2.08. The van der Waals surface area contributed by atoms with Gasteiger partial charge in [0.25, 0.3) is 0 Å². The minimum Gasteiger partial charge on any atom is -0.325 e. The van der Waals surface area contributed by atoms with Crippen molar-refractivity contribution in [1.82, 2.24) is 0 Å². The van der Waals surface area contributed by atoms with Gasteiger partial charge in [-0.25, -0.2) is 0 Å². The summed E-state index contributed by atoms with van der Waals surface area (Å²) in [6.07, 6.45) is 6.27. The van der Waals surface area contributed by atoms with Crippen molar-refractivity contribution in [2.24, 2.45) is 5.73 Å². The minimum absolute atomic E-state index is 0. The molecule has 60 valence electrons. The molecule has 0 aliphatic heterocycles. The van der Waals surface area contributed by atoms with Gasteiger partial charge in [-0.2, -0.15) is 0 Å². The van der Waals surface area contributed by atoms with Crippen LogP contribution in [0.3, 0.4) is 0 Å². The number of hydrogen-bond donors (Lipinski definition) is 1. The smallest absolute Gasteiger partial charge is 0.0276 e. The molecule has 0 aromatic heterocycles. The van der Waals surface area contributed by atoms with E-state index in [1.54, 1.807) is 0 Å². The van der Waals surface area contributed by atoms with Crippen LogP contribution in [0.4, 0.5) is 0 Å². The van der Waals surface area contributed by atoms with Crippen molar-refractivity contribution in [3.63, 3.8) is 0 Å². The van der Waals surface area contributed by atoms with Crippen LogP contribution in [0.5, 0.6) is 0 Å². The SMILES string of the molecule is Cl.NC12CCC(Br)(CC1)C2. The lowest BCUT2D eigenvalue weighted by Crippen LogP contribution is -2.33. The van der Waals surface area contributed by atoms with Crippen LogP contribution in [0.2, 0.25) is 0 Å². The highest BCUT2D eigenvalue weighted by Crippen LogP contribution is 2.53. The maximum Gasteiger partial charge on any atom is 0.0276 e. The van der Waals surface area contributed by atoms with E-state index in [0.29, 0.717) is 4.32 Å². The van der Waals surface area contributed by atoms with Gasteiger partial charge < -0.3 is 5.73 Å². The standard InChI is InChI=1S/C7H12BrN.ClH/c8-6-1-3-7(9,5-6)4-2-6;/h1-5,9H2;1H. The summed E-state index contributed by atoms with van der Waals surface area (Å²) in [5, 5.41) is 0. The molecule has 2 rings (SSSR count). The number of hydrogen-bond acceptors (Lipinski definition) is 1. The first kappa shape index (κ1) is 8.82. The van der Waals surface area contributed by atoms with Gasteiger partial charge >= 0.3 is 0 Å². The third kappa shape index (κ3) is 1.21. The van der Waals surface area contributed by atoms with E-state index in [0.717, 1.165) is 0 Å². The molecule has 3 heteroatoms. The summed E-state index contributed by atoms with van der Waals surface area (Å²) in [6.45, 7) is 0. The molecule has 0 heterocycles. The van der Waals surface area contributed by atoms with Crippen molar-refractivity contribution >= 4 is 28.3 Å². The van der Waals surface area contributed by atoms with Gasteiger partial charge in [0.05, 0.1) is 0 Å². The number of alkyl halides is 1. The van der Waals surface area contributed by atoms with Gasteiger partial charge in [-0.05, 0) is 32.1 Å². The Hall–Kier alpha value is 0.730. The largest absolute Gasteiger partial charge is 0.325 e. The normalized spacial score (nSPS) is 51.0. The molecule has 2 N–H and O–H groups in total. The number of fused-ring (bicyclic) bond motifs is 2. The molecular formula is C7H13BrClN. The molecule has 1 nitrogen and oxygen atoms in total. The molecule has 0 aromatic rings. The van der Waals surface area contributed by atoms with Crippen molar-refractivity contribution in [1.29, 1.82) is 0 Å². The molecule has 0 aromatic carbocycles. The van der Waals surface area contributed by atoms with Gasteiger partial charge in [0.2, 0.25) is 0 Å². The van der Waals surface area contributed by atoms with E-state index in [-0.39, 0.29) is 17.9 Å². The van der Waals surface area contributed by atoms with Gasteiger partial charge in [-0.15, -0.1) is 12.4 Å². The zero-order chi connectivity index (χ0) is 6.54. The molecule has 2 aliphatic carbocycles. The highest BCUT2D eigenvalue weighted by atomic mass is 79.9. The number of halogens is 2. The highest BCUT2D eigenvalue weighted by molar-refractivity contribution is 9.10. The Morgan fingerprint density at radius 2 is 1.60 bits per heavy atom. The van der Waals surface area contributed by atoms with E-state index >= 15 is 0 Å². The van der Waals surface area contributed by atoms with Crippen molar-refractivity contribution < 1.29 is 0 Å². The van der Waals surface area contributed by atoms with E-state index in [2.05, 4.69) is 15.9 Å². The lowest BCUT2D eigenvalue weighted by Gasteiger charge is -2.20. The highest BCUT2D eigenvalue weighted by Gasteiger charge is 2.50. The Balaban J connectivity index is 0.000000500. The van der Waals surface area contributed by atoms with Gasteiger partial charge in [-0.3, -0.25) is 0 Å². The van der Waals surface area contributed by atoms with Crippen molar-refractivity contribution in [2.75, 3.05) is 0 Å². The van der Waals surface area contributed by atoms with Crippen molar-refractivity contribution in [3.8, 4) is 0 Å². The molecular weight excluding hydrogens is 213 g/mol. The Bertz CT molecular complexity index is 125. The summed E-state index contributed by atoms with van der Waals surface area (Å²) in [5.41, 5.74) is 6.28. The maximum absolute atomic E-state index is 6.06. The average molecular weight is 227 g/mol. The fourth-order valence-electron chi connectivity index (χ4n) is 2.18. The molecule has 2 aliphatic rings. The summed E-state index contributed by atoms with van der Waals surface area (Å²) < 4.78 is 0.460. The summed E-state index contributed by atoms with van der Waals surface area (Å²) in [4.78, 5) is 0. The van der Waals surface area contributed by atoms with Crippen LogP contribution in [-0.4, -0.2) is 9.86 Å². The number of rotatable bonds is 0. The lowest BCUT2D eigenvalue weighted by molar-refractivity contribution is 0.425. The topological polar surface area (TPSA) is 26.0 Å². The molecule has 0 spiro atoms. The molecule has 10 heavy (non-hydrogen) atoms. The third-order valence-electron chi connectivity index (χ3n) is 2.81. The first-order valence-electron chi connectivity index (χ1n) is 3.60. The zero-order valence-corrected chi connectivity index (χ0v) is 8.30. The minimum atomic E-state index is 0. The Labute approximate surface area is 76.3 Å². The Morgan fingerprint density at radius 1 is 1.10 bits per heavy atom. The van der Waals surface area contributed by atoms with Crippen LogP contribution < -0.4 is 5.73 Å². The fraction of sp³-hybridized carbons (Fsp3) is 1.00. The first-order valence-corrected chi connectivity index (χ1v) is 4.39. The van der Waals surface area contributed by atoms with Gasteiger partial charge in [0.15, 0.2) is 0 Å². The number of nitrogens with two attached hydrogens (primary N) is 1. The van der Waals surface area contributed by atoms with Crippen molar-refractivity contribution in [3.05, 3.63) is 0 Å². The van der Waals surface area contributed by atoms with E-state index in [1.165, 1.54) is 32.1 Å². The average Bonchev–Trinajstić information content (AvgIpc) is 2.19. The van der Waals surface area contributed by atoms with E-state index in [4.69, 9.17) is 5.73 Å². The van der Waals surface area contributed by atoms with Crippen LogP contribution in [0, 0.1) is 0 Å². The van der Waals surface area contributed by atoms with Crippen LogP contribution >= 0.6 is 28.3 Å². The Morgan fingerprint density at radius 3 is 1.70 bits per heavy atom. The third-order valence-corrected chi connectivity index (χ3v) is 3.88. The zero-order valence-electron chi connectivity index (χ0n) is 5.90. The molecule has 2 bridgehead atoms. The second-order valence-corrected chi connectivity index (χ2v) is 5.37. The maximum atomic E-state index is 6.06. The summed E-state index contributed by atoms with van der Waals surface area (Å²) >= 11 is 3.74. The predicted octanol–water partition coefficient (Wildman–Crippen LogP) is 2.22. The van der Waals surface area contributed by atoms with Gasteiger partial charge in [0, 0.05) is 9.86 Å². The second-order valence-electron chi connectivity index (χ2n) is 3.69. The second kappa shape index (κ2) is 2.36. The summed E-state index contributed by atoms with van der Waals surface area (Å²) in [6, 6.07) is 0. The van der Waals surface area contributed by atoms with Crippen molar-refractivity contribution in [2.45, 2.75) is 42.0 Å². The molecule has 2 saturated carbocycles. The van der Waals surface area contributed by atoms with Crippen LogP contribution in [0.15, 0.2) is 0 Å². The molecule has 0 unspecified atom stereocenters. The first-order chi connectivity index (χ1) is 4.12. The predicted molar refractivity (Wildman–Crippen MR) is 48.9 cm³/mol. The van der Waals surface area contributed by atoms with Gasteiger partial charge in [-0.1, -0.05) is 15.9 Å². The van der Waals surface area contributed by atoms with Crippen LogP contribution in [0.1, 0.15) is 32.1 Å². The quantitative estimate of drug-likeness (QED) is 0.630. The molecule has 2 fully saturated rings. The summed E-state index contributed by atoms with van der Waals surface area (Å²) in [5.74, 6) is 0. The van der Waals surface area contributed by atoms with Crippen LogP contribution in [0.25, 0.3) is 0 Å². The van der Waals surface area contributed by atoms with E-state index in [1.807, 2.05) is 0 Å². The monoisotopic (exact) mass is 225 g/mol. The van der Waals surface area contributed by atoms with E-state index < -0.39 is 0 Å². The molecule has 0 radical (unpaired) electrons. The lowest BCUT2D eigenvalue weighted by atomic mass is 9.95. The molecule has 0 saturated heterocycles. The van der Waals surface area contributed by atoms with E-state index in [9.17, 15) is 0 Å².